The molecule has 2 aliphatic heterocycles. The lowest BCUT2D eigenvalue weighted by atomic mass is 9.81. The Morgan fingerprint density at radius 2 is 2.00 bits per heavy atom. The summed E-state index contributed by atoms with van der Waals surface area (Å²) >= 11 is 0. The number of hydrogen-bond acceptors (Lipinski definition) is 5. The molecule has 3 heterocycles. The van der Waals surface area contributed by atoms with E-state index in [0.29, 0.717) is 12.3 Å². The molecule has 1 aromatic heterocycles. The smallest absolute Gasteiger partial charge is 0.271 e. The minimum absolute atomic E-state index is 0.0159. The highest BCUT2D eigenvalue weighted by atomic mass is 16.5. The molecule has 6 heteroatoms. The van der Waals surface area contributed by atoms with Gasteiger partial charge in [-0.25, -0.2) is 0 Å². The van der Waals surface area contributed by atoms with Crippen LogP contribution in [0.15, 0.2) is 36.5 Å². The Bertz CT molecular complexity index is 978. The number of rotatable bonds is 5. The lowest BCUT2D eigenvalue weighted by molar-refractivity contribution is -0.0337. The Balaban J connectivity index is 1.20. The fourth-order valence-corrected chi connectivity index (χ4v) is 5.06. The highest BCUT2D eigenvalue weighted by Gasteiger charge is 2.41. The fourth-order valence-electron chi connectivity index (χ4n) is 5.06. The molecule has 3 aliphatic rings. The number of carbonyl (C=O) groups excluding carboxylic acids is 1. The molecule has 0 N–H and O–H groups in total. The normalized spacial score (nSPS) is 20.2. The van der Waals surface area contributed by atoms with Crippen LogP contribution in [0, 0.1) is 0 Å². The van der Waals surface area contributed by atoms with Gasteiger partial charge < -0.3 is 19.3 Å². The lowest BCUT2D eigenvalue weighted by Gasteiger charge is -2.48. The van der Waals surface area contributed by atoms with E-state index in [4.69, 9.17) is 9.47 Å². The van der Waals surface area contributed by atoms with Gasteiger partial charge in [-0.3, -0.25) is 9.78 Å². The first-order valence-electron chi connectivity index (χ1n) is 11.9. The summed E-state index contributed by atoms with van der Waals surface area (Å²) in [5, 5.41) is 0. The van der Waals surface area contributed by atoms with Crippen LogP contribution in [0.5, 0.6) is 11.5 Å². The predicted molar refractivity (Wildman–Crippen MR) is 123 cm³/mol. The van der Waals surface area contributed by atoms with E-state index in [9.17, 15) is 4.79 Å². The highest BCUT2D eigenvalue weighted by Crippen LogP contribution is 2.41. The first kappa shape index (κ1) is 21.3. The van der Waals surface area contributed by atoms with Crippen LogP contribution in [0.1, 0.15) is 60.1 Å². The van der Waals surface area contributed by atoms with Gasteiger partial charge in [0.1, 0.15) is 29.4 Å². The molecule has 2 aromatic rings. The number of ether oxygens (including phenoxy) is 2. The molecule has 170 valence electrons. The molecule has 1 saturated heterocycles. The van der Waals surface area contributed by atoms with Crippen molar-refractivity contribution in [2.75, 3.05) is 27.2 Å². The number of nitrogens with zero attached hydrogens (tertiary/aromatic N) is 3. The number of carbonyl (C=O) groups is 1. The summed E-state index contributed by atoms with van der Waals surface area (Å²) in [6.45, 7) is 2.74. The zero-order chi connectivity index (χ0) is 22.1. The van der Waals surface area contributed by atoms with Crippen molar-refractivity contribution in [3.05, 3.63) is 53.3 Å². The van der Waals surface area contributed by atoms with Crippen molar-refractivity contribution in [2.24, 2.45) is 0 Å². The third-order valence-corrected chi connectivity index (χ3v) is 7.36. The molecule has 1 saturated carbocycles. The molecule has 32 heavy (non-hydrogen) atoms. The average molecular weight is 436 g/mol. The summed E-state index contributed by atoms with van der Waals surface area (Å²) < 4.78 is 12.6. The molecule has 5 rings (SSSR count). The van der Waals surface area contributed by atoms with Crippen LogP contribution in [-0.4, -0.2) is 59.5 Å². The highest BCUT2D eigenvalue weighted by molar-refractivity contribution is 5.92. The molecule has 0 atom stereocenters. The number of aryl methyl sites for hydroxylation is 1. The largest absolute Gasteiger partial charge is 0.489 e. The number of aromatic nitrogens is 1. The zero-order valence-electron chi connectivity index (χ0n) is 19.2. The van der Waals surface area contributed by atoms with Gasteiger partial charge >= 0.3 is 0 Å². The van der Waals surface area contributed by atoms with Crippen LogP contribution in [0.4, 0.5) is 0 Å². The van der Waals surface area contributed by atoms with E-state index >= 15 is 0 Å². The van der Waals surface area contributed by atoms with Gasteiger partial charge in [-0.1, -0.05) is 6.42 Å². The van der Waals surface area contributed by atoms with Gasteiger partial charge in [0.15, 0.2) is 0 Å². The minimum atomic E-state index is -0.106. The molecule has 2 fully saturated rings. The van der Waals surface area contributed by atoms with E-state index in [1.54, 1.807) is 26.4 Å². The first-order chi connectivity index (χ1) is 15.5. The number of likely N-dealkylation sites (tertiary alicyclic amines) is 1. The van der Waals surface area contributed by atoms with E-state index in [2.05, 4.69) is 22.0 Å². The molecule has 0 radical (unpaired) electrons. The summed E-state index contributed by atoms with van der Waals surface area (Å²) in [6, 6.07) is 10.7. The van der Waals surface area contributed by atoms with Gasteiger partial charge in [-0.05, 0) is 80.0 Å². The van der Waals surface area contributed by atoms with Gasteiger partial charge in [-0.2, -0.15) is 0 Å². The molecule has 1 spiro atoms. The van der Waals surface area contributed by atoms with E-state index in [1.807, 2.05) is 12.1 Å². The monoisotopic (exact) mass is 435 g/mol. The van der Waals surface area contributed by atoms with Gasteiger partial charge in [-0.15, -0.1) is 0 Å². The van der Waals surface area contributed by atoms with Crippen molar-refractivity contribution in [2.45, 2.75) is 63.2 Å². The molecular formula is C26H33N3O3. The second-order valence-electron chi connectivity index (χ2n) is 9.71. The van der Waals surface area contributed by atoms with Gasteiger partial charge in [0.05, 0.1) is 0 Å². The van der Waals surface area contributed by atoms with Crippen LogP contribution >= 0.6 is 0 Å². The Labute approximate surface area is 190 Å². The maximum absolute atomic E-state index is 12.1. The van der Waals surface area contributed by atoms with Crippen molar-refractivity contribution in [3.63, 3.8) is 0 Å². The molecular weight excluding hydrogens is 402 g/mol. The topological polar surface area (TPSA) is 54.9 Å². The van der Waals surface area contributed by atoms with Crippen LogP contribution in [-0.2, 0) is 13.0 Å². The summed E-state index contributed by atoms with van der Waals surface area (Å²) in [5.74, 6) is 1.74. The number of amides is 1. The van der Waals surface area contributed by atoms with Crippen molar-refractivity contribution >= 4 is 5.91 Å². The third-order valence-electron chi connectivity index (χ3n) is 7.36. The Kier molecular flexibility index (Phi) is 5.80. The summed E-state index contributed by atoms with van der Waals surface area (Å²) in [7, 11) is 3.45. The van der Waals surface area contributed by atoms with Crippen molar-refractivity contribution in [1.29, 1.82) is 0 Å². The maximum atomic E-state index is 12.1. The lowest BCUT2D eigenvalue weighted by Crippen LogP contribution is -2.53. The number of pyridine rings is 1. The van der Waals surface area contributed by atoms with Gasteiger partial charge in [0.25, 0.3) is 5.91 Å². The molecule has 1 aromatic carbocycles. The number of hydrogen-bond donors (Lipinski definition) is 0. The SMILES string of the molecule is CN(C)C(=O)c1cc(COc2ccc3c(c2)CCC2(CCN(C4CCC4)CC2)O3)ccn1. The number of piperidine rings is 1. The molecule has 1 amide bonds. The summed E-state index contributed by atoms with van der Waals surface area (Å²) in [6.07, 6.45) is 10.2. The minimum Gasteiger partial charge on any atom is -0.489 e. The Morgan fingerprint density at radius 3 is 2.72 bits per heavy atom. The van der Waals surface area contributed by atoms with Crippen molar-refractivity contribution in [1.82, 2.24) is 14.8 Å². The summed E-state index contributed by atoms with van der Waals surface area (Å²) in [4.78, 5) is 20.5. The van der Waals surface area contributed by atoms with E-state index in [1.165, 1.54) is 42.8 Å². The number of benzene rings is 1. The van der Waals surface area contributed by atoms with E-state index in [-0.39, 0.29) is 11.5 Å². The average Bonchev–Trinajstić information content (AvgIpc) is 2.78. The van der Waals surface area contributed by atoms with Crippen LogP contribution in [0.3, 0.4) is 0 Å². The first-order valence-corrected chi connectivity index (χ1v) is 11.9. The summed E-state index contributed by atoms with van der Waals surface area (Å²) in [5.41, 5.74) is 2.61. The standard InChI is InChI=1S/C26H33N3O3/c1-28(2)25(30)23-16-19(9-13-27-23)18-31-22-6-7-24-20(17-22)8-10-26(32-24)11-14-29(15-12-26)21-4-3-5-21/h6-7,9,13,16-17,21H,3-5,8,10-12,14-15,18H2,1-2H3. The molecule has 0 unspecified atom stereocenters. The molecule has 0 bridgehead atoms. The van der Waals surface area contributed by atoms with Crippen LogP contribution < -0.4 is 9.47 Å². The zero-order valence-corrected chi connectivity index (χ0v) is 19.2. The second kappa shape index (κ2) is 8.74. The fraction of sp³-hybridized carbons (Fsp3) is 0.538. The Hall–Kier alpha value is -2.60. The molecule has 1 aliphatic carbocycles. The quantitative estimate of drug-likeness (QED) is 0.709. The van der Waals surface area contributed by atoms with Gasteiger partial charge in [0.2, 0.25) is 0 Å². The number of fused-ring (bicyclic) bond motifs is 1. The second-order valence-corrected chi connectivity index (χ2v) is 9.71. The van der Waals surface area contributed by atoms with Crippen molar-refractivity contribution in [3.8, 4) is 11.5 Å². The maximum Gasteiger partial charge on any atom is 0.271 e. The van der Waals surface area contributed by atoms with Crippen molar-refractivity contribution < 1.29 is 14.3 Å². The van der Waals surface area contributed by atoms with Crippen LogP contribution in [0.25, 0.3) is 0 Å². The molecule has 6 nitrogen and oxygen atoms in total. The van der Waals surface area contributed by atoms with Gasteiger partial charge in [0, 0.05) is 39.4 Å². The predicted octanol–water partition coefficient (Wildman–Crippen LogP) is 4.07. The van der Waals surface area contributed by atoms with Crippen LogP contribution in [0.2, 0.25) is 0 Å². The third kappa shape index (κ3) is 4.33. The van der Waals surface area contributed by atoms with E-state index in [0.717, 1.165) is 48.8 Å². The van der Waals surface area contributed by atoms with E-state index < -0.39 is 0 Å². The Morgan fingerprint density at radius 1 is 1.19 bits per heavy atom.